The molecule has 1 aliphatic heterocycles. The van der Waals surface area contributed by atoms with E-state index in [1.807, 2.05) is 0 Å². The van der Waals surface area contributed by atoms with Crippen molar-refractivity contribution in [2.24, 2.45) is 0 Å². The molecule has 0 radical (unpaired) electrons. The number of halogens is 1. The second-order valence-electron chi connectivity index (χ2n) is 4.76. The third kappa shape index (κ3) is 3.66. The van der Waals surface area contributed by atoms with E-state index in [1.165, 1.54) is 6.42 Å². The van der Waals surface area contributed by atoms with Gasteiger partial charge >= 0.3 is 0 Å². The van der Waals surface area contributed by atoms with Crippen molar-refractivity contribution in [3.8, 4) is 0 Å². The third-order valence-electron chi connectivity index (χ3n) is 3.04. The average molecular weight is 261 g/mol. The highest BCUT2D eigenvalue weighted by Crippen LogP contribution is 2.13. The number of rotatable bonds is 4. The molecule has 17 heavy (non-hydrogen) atoms. The van der Waals surface area contributed by atoms with Crippen LogP contribution in [0.1, 0.15) is 37.9 Å². The van der Waals surface area contributed by atoms with Gasteiger partial charge in [0.25, 0.3) is 0 Å². The van der Waals surface area contributed by atoms with Gasteiger partial charge in [0.15, 0.2) is 5.82 Å². The molecule has 2 rings (SSSR count). The summed E-state index contributed by atoms with van der Waals surface area (Å²) in [7, 11) is 2.11. The van der Waals surface area contributed by atoms with E-state index in [1.54, 1.807) is 0 Å². The Balaban J connectivity index is 0.00000144. The highest BCUT2D eigenvalue weighted by molar-refractivity contribution is 5.85. The zero-order valence-electron chi connectivity index (χ0n) is 10.6. The Kier molecular flexibility index (Phi) is 5.36. The molecule has 2 heterocycles. The zero-order valence-corrected chi connectivity index (χ0v) is 11.5. The van der Waals surface area contributed by atoms with Crippen molar-refractivity contribution in [3.63, 3.8) is 0 Å². The summed E-state index contributed by atoms with van der Waals surface area (Å²) in [6.07, 6.45) is 1.20. The lowest BCUT2D eigenvalue weighted by atomic mass is 10.2. The molecular formula is C11H21ClN4O. The molecule has 1 aliphatic rings. The molecule has 0 amide bonds. The van der Waals surface area contributed by atoms with Crippen molar-refractivity contribution < 1.29 is 4.52 Å². The SMILES string of the molecule is CC(C)c1noc(CN(C)C2CCNC2)n1.Cl. The van der Waals surface area contributed by atoms with Crippen LogP contribution in [0.15, 0.2) is 4.52 Å². The van der Waals surface area contributed by atoms with Crippen molar-refractivity contribution in [2.75, 3.05) is 20.1 Å². The van der Waals surface area contributed by atoms with Gasteiger partial charge in [0, 0.05) is 18.5 Å². The number of likely N-dealkylation sites (N-methyl/N-ethyl adjacent to an activating group) is 1. The first-order valence-corrected chi connectivity index (χ1v) is 5.90. The number of nitrogens with one attached hydrogen (secondary N) is 1. The first kappa shape index (κ1) is 14.4. The summed E-state index contributed by atoms with van der Waals surface area (Å²) in [5, 5.41) is 7.32. The molecule has 0 aliphatic carbocycles. The molecule has 0 bridgehead atoms. The fraction of sp³-hybridized carbons (Fsp3) is 0.818. The number of hydrogen-bond donors (Lipinski definition) is 1. The smallest absolute Gasteiger partial charge is 0.240 e. The van der Waals surface area contributed by atoms with E-state index in [-0.39, 0.29) is 12.4 Å². The summed E-state index contributed by atoms with van der Waals surface area (Å²) in [5.74, 6) is 1.85. The van der Waals surface area contributed by atoms with Gasteiger partial charge in [-0.3, -0.25) is 4.90 Å². The molecule has 1 N–H and O–H groups in total. The maximum Gasteiger partial charge on any atom is 0.240 e. The van der Waals surface area contributed by atoms with Crippen LogP contribution in [0, 0.1) is 0 Å². The van der Waals surface area contributed by atoms with Crippen LogP contribution in [0.4, 0.5) is 0 Å². The number of aromatic nitrogens is 2. The van der Waals surface area contributed by atoms with Gasteiger partial charge in [0.05, 0.1) is 6.54 Å². The van der Waals surface area contributed by atoms with Crippen molar-refractivity contribution in [3.05, 3.63) is 11.7 Å². The molecule has 0 aromatic carbocycles. The number of nitrogens with zero attached hydrogens (tertiary/aromatic N) is 3. The standard InChI is InChI=1S/C11H20N4O.ClH/c1-8(2)11-13-10(16-14-11)7-15(3)9-4-5-12-6-9;/h8-9,12H,4-7H2,1-3H3;1H. The normalized spacial score (nSPS) is 19.9. The fourth-order valence-electron chi connectivity index (χ4n) is 1.92. The predicted molar refractivity (Wildman–Crippen MR) is 68.4 cm³/mol. The van der Waals surface area contributed by atoms with E-state index in [0.29, 0.717) is 12.0 Å². The van der Waals surface area contributed by atoms with Crippen LogP contribution in [-0.4, -0.2) is 41.2 Å². The van der Waals surface area contributed by atoms with Gasteiger partial charge in [0.1, 0.15) is 0 Å². The topological polar surface area (TPSA) is 54.2 Å². The lowest BCUT2D eigenvalue weighted by Crippen LogP contribution is -2.32. The molecular weight excluding hydrogens is 240 g/mol. The van der Waals surface area contributed by atoms with Crippen molar-refractivity contribution in [1.29, 1.82) is 0 Å². The molecule has 6 heteroatoms. The summed E-state index contributed by atoms with van der Waals surface area (Å²) in [6.45, 7) is 7.04. The van der Waals surface area contributed by atoms with Crippen molar-refractivity contribution in [2.45, 2.75) is 38.8 Å². The third-order valence-corrected chi connectivity index (χ3v) is 3.04. The molecule has 1 fully saturated rings. The molecule has 1 atom stereocenters. The van der Waals surface area contributed by atoms with Gasteiger partial charge in [-0.15, -0.1) is 12.4 Å². The number of hydrogen-bond acceptors (Lipinski definition) is 5. The lowest BCUT2D eigenvalue weighted by Gasteiger charge is -2.21. The van der Waals surface area contributed by atoms with Crippen LogP contribution < -0.4 is 5.32 Å². The lowest BCUT2D eigenvalue weighted by molar-refractivity contribution is 0.214. The maximum atomic E-state index is 5.23. The van der Waals surface area contributed by atoms with Crippen LogP contribution >= 0.6 is 12.4 Å². The van der Waals surface area contributed by atoms with Crippen LogP contribution in [0.25, 0.3) is 0 Å². The van der Waals surface area contributed by atoms with Crippen LogP contribution in [-0.2, 0) is 6.54 Å². The first-order chi connectivity index (χ1) is 7.66. The Hall–Kier alpha value is -0.650. The van der Waals surface area contributed by atoms with E-state index < -0.39 is 0 Å². The molecule has 1 aromatic rings. The largest absolute Gasteiger partial charge is 0.338 e. The Morgan fingerprint density at radius 2 is 2.29 bits per heavy atom. The van der Waals surface area contributed by atoms with Gasteiger partial charge in [0.2, 0.25) is 5.89 Å². The van der Waals surface area contributed by atoms with E-state index in [4.69, 9.17) is 4.52 Å². The minimum Gasteiger partial charge on any atom is -0.338 e. The van der Waals surface area contributed by atoms with Crippen molar-refractivity contribution in [1.82, 2.24) is 20.4 Å². The summed E-state index contributed by atoms with van der Waals surface area (Å²) < 4.78 is 5.23. The molecule has 0 saturated carbocycles. The Morgan fingerprint density at radius 1 is 1.53 bits per heavy atom. The van der Waals surface area contributed by atoms with E-state index in [2.05, 4.69) is 41.3 Å². The average Bonchev–Trinajstić information content (AvgIpc) is 2.87. The minimum absolute atomic E-state index is 0. The van der Waals surface area contributed by atoms with Gasteiger partial charge in [-0.2, -0.15) is 4.98 Å². The molecule has 5 nitrogen and oxygen atoms in total. The van der Waals surface area contributed by atoms with Crippen LogP contribution in [0.5, 0.6) is 0 Å². The van der Waals surface area contributed by atoms with E-state index in [0.717, 1.165) is 31.3 Å². The quantitative estimate of drug-likeness (QED) is 0.887. The first-order valence-electron chi connectivity index (χ1n) is 5.90. The second-order valence-corrected chi connectivity index (χ2v) is 4.76. The fourth-order valence-corrected chi connectivity index (χ4v) is 1.92. The Bertz CT molecular complexity index is 336. The highest BCUT2D eigenvalue weighted by Gasteiger charge is 2.21. The maximum absolute atomic E-state index is 5.23. The van der Waals surface area contributed by atoms with Crippen LogP contribution in [0.3, 0.4) is 0 Å². The minimum atomic E-state index is 0. The summed E-state index contributed by atoms with van der Waals surface area (Å²) in [4.78, 5) is 6.66. The molecule has 1 aromatic heterocycles. The highest BCUT2D eigenvalue weighted by atomic mass is 35.5. The predicted octanol–water partition coefficient (Wildman–Crippen LogP) is 1.41. The zero-order chi connectivity index (χ0) is 11.5. The van der Waals surface area contributed by atoms with Crippen molar-refractivity contribution >= 4 is 12.4 Å². The van der Waals surface area contributed by atoms with Crippen LogP contribution in [0.2, 0.25) is 0 Å². The van der Waals surface area contributed by atoms with Gasteiger partial charge in [-0.05, 0) is 20.0 Å². The molecule has 1 unspecified atom stereocenters. The van der Waals surface area contributed by atoms with E-state index >= 15 is 0 Å². The molecule has 0 spiro atoms. The Morgan fingerprint density at radius 3 is 2.82 bits per heavy atom. The van der Waals surface area contributed by atoms with Gasteiger partial charge in [-0.25, -0.2) is 0 Å². The summed E-state index contributed by atoms with van der Waals surface area (Å²) in [5.41, 5.74) is 0. The summed E-state index contributed by atoms with van der Waals surface area (Å²) in [6, 6.07) is 0.592. The summed E-state index contributed by atoms with van der Waals surface area (Å²) >= 11 is 0. The molecule has 98 valence electrons. The van der Waals surface area contributed by atoms with E-state index in [9.17, 15) is 0 Å². The van der Waals surface area contributed by atoms with Gasteiger partial charge in [-0.1, -0.05) is 19.0 Å². The molecule has 1 saturated heterocycles. The van der Waals surface area contributed by atoms with Gasteiger partial charge < -0.3 is 9.84 Å². The monoisotopic (exact) mass is 260 g/mol. The Labute approximate surface area is 108 Å². The second kappa shape index (κ2) is 6.33.